The number of carbonyl (C=O) groups is 1. The fourth-order valence-electron chi connectivity index (χ4n) is 2.12. The zero-order chi connectivity index (χ0) is 12.9. The molecule has 1 saturated heterocycles. The number of ether oxygens (including phenoxy) is 3. The molecule has 1 aliphatic rings. The molecule has 1 atom stereocenters. The first-order chi connectivity index (χ1) is 7.97. The number of esters is 1. The number of hydrogen-bond donors (Lipinski definition) is 0. The molecule has 4 nitrogen and oxygen atoms in total. The number of hydrogen-bond acceptors (Lipinski definition) is 4. The quantitative estimate of drug-likeness (QED) is 0.673. The SMILES string of the molecule is COC(=O)C[C@@H](CCC1(C)OCCO1)C(C)C. The number of methoxy groups -OCH3 is 1. The van der Waals surface area contributed by atoms with Crippen LogP contribution in [0.1, 0.15) is 40.0 Å². The molecule has 0 aromatic rings. The van der Waals surface area contributed by atoms with Gasteiger partial charge in [0.05, 0.1) is 20.3 Å². The predicted molar refractivity (Wildman–Crippen MR) is 64.5 cm³/mol. The standard InChI is InChI=1S/C13H24O4/c1-10(2)11(9-12(14)15-4)5-6-13(3)16-7-8-17-13/h10-11H,5-9H2,1-4H3/t11-/m1/s1. The van der Waals surface area contributed by atoms with Crippen LogP contribution in [0.25, 0.3) is 0 Å². The minimum atomic E-state index is -0.455. The smallest absolute Gasteiger partial charge is 0.305 e. The Morgan fingerprint density at radius 3 is 2.41 bits per heavy atom. The van der Waals surface area contributed by atoms with E-state index in [4.69, 9.17) is 14.2 Å². The van der Waals surface area contributed by atoms with Crippen molar-refractivity contribution in [2.75, 3.05) is 20.3 Å². The first-order valence-corrected chi connectivity index (χ1v) is 6.31. The van der Waals surface area contributed by atoms with Gasteiger partial charge < -0.3 is 14.2 Å². The van der Waals surface area contributed by atoms with Crippen molar-refractivity contribution < 1.29 is 19.0 Å². The summed E-state index contributed by atoms with van der Waals surface area (Å²) in [7, 11) is 1.43. The van der Waals surface area contributed by atoms with Crippen LogP contribution >= 0.6 is 0 Å². The molecule has 0 saturated carbocycles. The summed E-state index contributed by atoms with van der Waals surface area (Å²) in [5.41, 5.74) is 0. The molecule has 1 aliphatic heterocycles. The monoisotopic (exact) mass is 244 g/mol. The summed E-state index contributed by atoms with van der Waals surface area (Å²) >= 11 is 0. The van der Waals surface area contributed by atoms with Gasteiger partial charge in [0.2, 0.25) is 0 Å². The summed E-state index contributed by atoms with van der Waals surface area (Å²) in [5.74, 6) is 0.191. The van der Waals surface area contributed by atoms with Crippen LogP contribution in [0.2, 0.25) is 0 Å². The van der Waals surface area contributed by atoms with Crippen molar-refractivity contribution in [2.24, 2.45) is 11.8 Å². The van der Waals surface area contributed by atoms with Crippen LogP contribution in [0.5, 0.6) is 0 Å². The van der Waals surface area contributed by atoms with Crippen molar-refractivity contribution in [3.8, 4) is 0 Å². The molecule has 0 spiro atoms. The van der Waals surface area contributed by atoms with E-state index >= 15 is 0 Å². The summed E-state index contributed by atoms with van der Waals surface area (Å²) in [6.45, 7) is 7.56. The summed E-state index contributed by atoms with van der Waals surface area (Å²) in [4.78, 5) is 11.3. The van der Waals surface area contributed by atoms with Gasteiger partial charge in [0, 0.05) is 12.8 Å². The maximum absolute atomic E-state index is 11.3. The Bertz CT molecular complexity index is 244. The lowest BCUT2D eigenvalue weighted by molar-refractivity contribution is -0.152. The van der Waals surface area contributed by atoms with E-state index < -0.39 is 5.79 Å². The van der Waals surface area contributed by atoms with Crippen molar-refractivity contribution >= 4 is 5.97 Å². The Morgan fingerprint density at radius 1 is 1.35 bits per heavy atom. The number of rotatable bonds is 6. The van der Waals surface area contributed by atoms with Crippen LogP contribution in [0.3, 0.4) is 0 Å². The van der Waals surface area contributed by atoms with Gasteiger partial charge in [0.1, 0.15) is 0 Å². The molecule has 0 amide bonds. The third-order valence-corrected chi connectivity index (χ3v) is 3.47. The number of carbonyl (C=O) groups excluding carboxylic acids is 1. The van der Waals surface area contributed by atoms with Gasteiger partial charge >= 0.3 is 5.97 Å². The molecule has 0 aromatic heterocycles. The fourth-order valence-corrected chi connectivity index (χ4v) is 2.12. The van der Waals surface area contributed by atoms with E-state index in [1.54, 1.807) is 0 Å². The minimum Gasteiger partial charge on any atom is -0.469 e. The van der Waals surface area contributed by atoms with Gasteiger partial charge in [-0.15, -0.1) is 0 Å². The third kappa shape index (κ3) is 4.64. The summed E-state index contributed by atoms with van der Waals surface area (Å²) in [6, 6.07) is 0. The van der Waals surface area contributed by atoms with Gasteiger partial charge in [-0.1, -0.05) is 13.8 Å². The highest BCUT2D eigenvalue weighted by molar-refractivity contribution is 5.69. The normalized spacial score (nSPS) is 20.5. The predicted octanol–water partition coefficient (Wildman–Crippen LogP) is 2.36. The topological polar surface area (TPSA) is 44.8 Å². The van der Waals surface area contributed by atoms with E-state index in [2.05, 4.69) is 13.8 Å². The highest BCUT2D eigenvalue weighted by Gasteiger charge is 2.32. The van der Waals surface area contributed by atoms with Gasteiger partial charge in [-0.2, -0.15) is 0 Å². The molecule has 4 heteroatoms. The van der Waals surface area contributed by atoms with E-state index in [9.17, 15) is 4.79 Å². The molecule has 0 radical (unpaired) electrons. The van der Waals surface area contributed by atoms with Crippen LogP contribution < -0.4 is 0 Å². The van der Waals surface area contributed by atoms with E-state index in [0.29, 0.717) is 31.5 Å². The van der Waals surface area contributed by atoms with Crippen LogP contribution in [0.4, 0.5) is 0 Å². The minimum absolute atomic E-state index is 0.137. The summed E-state index contributed by atoms with van der Waals surface area (Å²) < 4.78 is 15.9. The molecule has 0 aliphatic carbocycles. The Morgan fingerprint density at radius 2 is 1.94 bits per heavy atom. The van der Waals surface area contributed by atoms with Crippen molar-refractivity contribution in [3.63, 3.8) is 0 Å². The Kier molecular flexibility index (Phi) is 5.40. The van der Waals surface area contributed by atoms with Gasteiger partial charge in [-0.25, -0.2) is 0 Å². The molecular formula is C13H24O4. The third-order valence-electron chi connectivity index (χ3n) is 3.47. The molecule has 1 heterocycles. The first kappa shape index (κ1) is 14.5. The van der Waals surface area contributed by atoms with E-state index in [0.717, 1.165) is 12.8 Å². The molecule has 17 heavy (non-hydrogen) atoms. The zero-order valence-electron chi connectivity index (χ0n) is 11.3. The Hall–Kier alpha value is -0.610. The molecule has 100 valence electrons. The first-order valence-electron chi connectivity index (χ1n) is 6.31. The average Bonchev–Trinajstić information content (AvgIpc) is 2.71. The highest BCUT2D eigenvalue weighted by Crippen LogP contribution is 2.30. The van der Waals surface area contributed by atoms with E-state index in [1.165, 1.54) is 7.11 Å². The lowest BCUT2D eigenvalue weighted by Crippen LogP contribution is -2.27. The second-order valence-corrected chi connectivity index (χ2v) is 5.15. The van der Waals surface area contributed by atoms with Crippen LogP contribution in [-0.2, 0) is 19.0 Å². The van der Waals surface area contributed by atoms with Gasteiger partial charge in [-0.05, 0) is 25.2 Å². The molecule has 1 rings (SSSR count). The van der Waals surface area contributed by atoms with Crippen LogP contribution in [0, 0.1) is 11.8 Å². The highest BCUT2D eigenvalue weighted by atomic mass is 16.7. The average molecular weight is 244 g/mol. The Balaban J connectivity index is 2.41. The zero-order valence-corrected chi connectivity index (χ0v) is 11.3. The molecule has 0 unspecified atom stereocenters. The second kappa shape index (κ2) is 6.36. The molecule has 0 N–H and O–H groups in total. The van der Waals surface area contributed by atoms with E-state index in [-0.39, 0.29) is 5.97 Å². The van der Waals surface area contributed by atoms with Crippen LogP contribution in [-0.4, -0.2) is 32.1 Å². The molecule has 0 aromatic carbocycles. The van der Waals surface area contributed by atoms with Gasteiger partial charge in [0.25, 0.3) is 0 Å². The Labute approximate surface area is 104 Å². The van der Waals surface area contributed by atoms with Crippen molar-refractivity contribution in [1.82, 2.24) is 0 Å². The summed E-state index contributed by atoms with van der Waals surface area (Å²) in [6.07, 6.45) is 2.22. The van der Waals surface area contributed by atoms with Crippen molar-refractivity contribution in [2.45, 2.75) is 45.8 Å². The van der Waals surface area contributed by atoms with Crippen molar-refractivity contribution in [1.29, 1.82) is 0 Å². The fraction of sp³-hybridized carbons (Fsp3) is 0.923. The second-order valence-electron chi connectivity index (χ2n) is 5.15. The maximum Gasteiger partial charge on any atom is 0.305 e. The van der Waals surface area contributed by atoms with E-state index in [1.807, 2.05) is 6.92 Å². The maximum atomic E-state index is 11.3. The lowest BCUT2D eigenvalue weighted by Gasteiger charge is -2.26. The van der Waals surface area contributed by atoms with Gasteiger partial charge in [0.15, 0.2) is 5.79 Å². The summed E-state index contributed by atoms with van der Waals surface area (Å²) in [5, 5.41) is 0. The van der Waals surface area contributed by atoms with Crippen LogP contribution in [0.15, 0.2) is 0 Å². The molecule has 1 fully saturated rings. The largest absolute Gasteiger partial charge is 0.469 e. The lowest BCUT2D eigenvalue weighted by atomic mass is 9.87. The van der Waals surface area contributed by atoms with Gasteiger partial charge in [-0.3, -0.25) is 4.79 Å². The molecule has 0 bridgehead atoms. The molecular weight excluding hydrogens is 220 g/mol. The van der Waals surface area contributed by atoms with Crippen molar-refractivity contribution in [3.05, 3.63) is 0 Å².